The third-order valence-electron chi connectivity index (χ3n) is 5.97. The number of hydrogen-bond acceptors (Lipinski definition) is 6. The van der Waals surface area contributed by atoms with Crippen molar-refractivity contribution < 1.29 is 32.5 Å². The van der Waals surface area contributed by atoms with Gasteiger partial charge in [0, 0.05) is 47.3 Å². The summed E-state index contributed by atoms with van der Waals surface area (Å²) in [6.07, 6.45) is 3.00. The van der Waals surface area contributed by atoms with Crippen LogP contribution in [-0.4, -0.2) is 36.2 Å². The van der Waals surface area contributed by atoms with Crippen LogP contribution >= 0.6 is 0 Å². The molecule has 0 fully saturated rings. The Kier molecular flexibility index (Phi) is 5.48. The molecule has 1 aliphatic rings. The Morgan fingerprint density at radius 1 is 1.14 bits per heavy atom. The quantitative estimate of drug-likeness (QED) is 0.403. The number of imidazole rings is 1. The highest BCUT2D eigenvalue weighted by atomic mass is 19.3. The molecule has 2 atom stereocenters. The fourth-order valence-electron chi connectivity index (χ4n) is 4.44. The first-order chi connectivity index (χ1) is 16.5. The minimum atomic E-state index is -3.17. The number of nitrogens with zero attached hydrogens (tertiary/aromatic N) is 4. The van der Waals surface area contributed by atoms with Gasteiger partial charge in [-0.15, -0.1) is 0 Å². The lowest BCUT2D eigenvalue weighted by Crippen LogP contribution is -2.19. The van der Waals surface area contributed by atoms with E-state index in [1.54, 1.807) is 0 Å². The second-order valence-corrected chi connectivity index (χ2v) is 8.83. The van der Waals surface area contributed by atoms with Crippen LogP contribution in [0.25, 0.3) is 16.8 Å². The smallest absolute Gasteiger partial charge is 0.387 e. The number of ether oxygens (including phenoxy) is 1. The third-order valence-corrected chi connectivity index (χ3v) is 5.97. The van der Waals surface area contributed by atoms with Gasteiger partial charge < -0.3 is 19.4 Å². The van der Waals surface area contributed by atoms with Crippen molar-refractivity contribution in [3.05, 3.63) is 77.3 Å². The molecule has 0 saturated carbocycles. The SMILES string of the molecule is CC(C)(O)c1ncc(-c2cn3c4c(nc3cc2F)[C@@H](O)C[C@H]4c2c(F)cccc2OC(F)F)cn1. The second kappa shape index (κ2) is 8.28. The van der Waals surface area contributed by atoms with Gasteiger partial charge in [0.2, 0.25) is 0 Å². The first-order valence-corrected chi connectivity index (χ1v) is 10.7. The summed E-state index contributed by atoms with van der Waals surface area (Å²) in [5, 5.41) is 20.7. The average Bonchev–Trinajstić information content (AvgIpc) is 3.29. The van der Waals surface area contributed by atoms with Crippen LogP contribution in [0.4, 0.5) is 17.6 Å². The predicted octanol–water partition coefficient (Wildman–Crippen LogP) is 4.47. The first-order valence-electron chi connectivity index (χ1n) is 10.7. The van der Waals surface area contributed by atoms with Gasteiger partial charge in [-0.1, -0.05) is 6.07 Å². The van der Waals surface area contributed by atoms with Crippen LogP contribution in [0.5, 0.6) is 5.75 Å². The molecule has 3 heterocycles. The van der Waals surface area contributed by atoms with Crippen LogP contribution in [0.2, 0.25) is 0 Å². The zero-order valence-corrected chi connectivity index (χ0v) is 18.6. The van der Waals surface area contributed by atoms with E-state index in [9.17, 15) is 23.4 Å². The number of alkyl halides is 2. The van der Waals surface area contributed by atoms with Gasteiger partial charge >= 0.3 is 6.61 Å². The van der Waals surface area contributed by atoms with Crippen molar-refractivity contribution in [2.24, 2.45) is 0 Å². The van der Waals surface area contributed by atoms with Gasteiger partial charge in [-0.2, -0.15) is 8.78 Å². The van der Waals surface area contributed by atoms with Crippen LogP contribution in [0.3, 0.4) is 0 Å². The molecule has 1 aliphatic carbocycles. The monoisotopic (exact) mass is 488 g/mol. The second-order valence-electron chi connectivity index (χ2n) is 8.83. The Labute approximate surface area is 196 Å². The molecule has 182 valence electrons. The molecule has 7 nitrogen and oxygen atoms in total. The summed E-state index contributed by atoms with van der Waals surface area (Å²) in [6.45, 7) is -0.135. The predicted molar refractivity (Wildman–Crippen MR) is 116 cm³/mol. The van der Waals surface area contributed by atoms with E-state index in [1.807, 2.05) is 0 Å². The molecule has 0 amide bonds. The standard InChI is InChI=1S/C24H20F4N4O3/c1-24(2,34)22-29-8-11(9-30-22)13-10-32-18(7-15(13)26)31-20-16(33)6-12(21(20)32)19-14(25)4-3-5-17(19)35-23(27)28/h3-5,7-10,12,16,23,33-34H,6H2,1-2H3/t12-,16-/m0/s1. The van der Waals surface area contributed by atoms with Gasteiger partial charge in [0.25, 0.3) is 0 Å². The molecule has 3 aromatic heterocycles. The highest BCUT2D eigenvalue weighted by molar-refractivity contribution is 5.65. The molecule has 4 aromatic rings. The molecular weight excluding hydrogens is 468 g/mol. The minimum absolute atomic E-state index is 0.0166. The largest absolute Gasteiger partial charge is 0.434 e. The number of aliphatic hydroxyl groups is 2. The van der Waals surface area contributed by atoms with Crippen molar-refractivity contribution in [1.82, 2.24) is 19.4 Å². The fraction of sp³-hybridized carbons (Fsp3) is 0.292. The van der Waals surface area contributed by atoms with E-state index in [-0.39, 0.29) is 40.5 Å². The molecule has 0 aliphatic heterocycles. The lowest BCUT2D eigenvalue weighted by atomic mass is 9.94. The van der Waals surface area contributed by atoms with Crippen molar-refractivity contribution in [3.8, 4) is 16.9 Å². The van der Waals surface area contributed by atoms with Gasteiger partial charge in [-0.25, -0.2) is 23.7 Å². The Balaban J connectivity index is 1.66. The van der Waals surface area contributed by atoms with E-state index in [4.69, 9.17) is 0 Å². The molecule has 0 radical (unpaired) electrons. The Hall–Kier alpha value is -3.57. The van der Waals surface area contributed by atoms with Crippen molar-refractivity contribution in [2.75, 3.05) is 0 Å². The number of hydrogen-bond donors (Lipinski definition) is 2. The maximum Gasteiger partial charge on any atom is 0.387 e. The number of aromatic nitrogens is 4. The highest BCUT2D eigenvalue weighted by Crippen LogP contribution is 2.48. The molecule has 5 rings (SSSR count). The Morgan fingerprint density at radius 3 is 2.51 bits per heavy atom. The zero-order valence-electron chi connectivity index (χ0n) is 18.6. The molecular formula is C24H20F4N4O3. The van der Waals surface area contributed by atoms with Crippen LogP contribution in [0, 0.1) is 11.6 Å². The lowest BCUT2D eigenvalue weighted by Gasteiger charge is -2.18. The molecule has 1 aromatic carbocycles. The number of benzene rings is 1. The highest BCUT2D eigenvalue weighted by Gasteiger charge is 2.39. The van der Waals surface area contributed by atoms with Gasteiger partial charge in [0.15, 0.2) is 5.82 Å². The zero-order chi connectivity index (χ0) is 25.1. The number of rotatable bonds is 5. The normalized spacial score (nSPS) is 17.9. The van der Waals surface area contributed by atoms with Gasteiger partial charge in [-0.05, 0) is 32.4 Å². The van der Waals surface area contributed by atoms with Gasteiger partial charge in [0.1, 0.15) is 28.6 Å². The summed E-state index contributed by atoms with van der Waals surface area (Å²) in [5.74, 6) is -2.49. The van der Waals surface area contributed by atoms with Crippen molar-refractivity contribution in [2.45, 2.75) is 44.5 Å². The Bertz CT molecular complexity index is 1420. The number of halogens is 4. The number of pyridine rings is 1. The van der Waals surface area contributed by atoms with Crippen molar-refractivity contribution >= 4 is 5.65 Å². The van der Waals surface area contributed by atoms with Crippen LogP contribution in [-0.2, 0) is 5.60 Å². The topological polar surface area (TPSA) is 92.8 Å². The van der Waals surface area contributed by atoms with E-state index in [0.717, 1.165) is 12.1 Å². The maximum absolute atomic E-state index is 15.0. The molecule has 0 saturated heterocycles. The van der Waals surface area contributed by atoms with Crippen LogP contribution < -0.4 is 4.74 Å². The summed E-state index contributed by atoms with van der Waals surface area (Å²) in [4.78, 5) is 12.5. The summed E-state index contributed by atoms with van der Waals surface area (Å²) in [7, 11) is 0. The summed E-state index contributed by atoms with van der Waals surface area (Å²) < 4.78 is 61.9. The maximum atomic E-state index is 15.0. The van der Waals surface area contributed by atoms with E-state index in [2.05, 4.69) is 19.7 Å². The lowest BCUT2D eigenvalue weighted by molar-refractivity contribution is -0.0508. The van der Waals surface area contributed by atoms with Crippen molar-refractivity contribution in [3.63, 3.8) is 0 Å². The fourth-order valence-corrected chi connectivity index (χ4v) is 4.44. The summed E-state index contributed by atoms with van der Waals surface area (Å²) in [5.41, 5.74) is -0.329. The molecule has 11 heteroatoms. The van der Waals surface area contributed by atoms with Gasteiger partial charge in [-0.3, -0.25) is 0 Å². The molecule has 0 bridgehead atoms. The van der Waals surface area contributed by atoms with E-state index >= 15 is 4.39 Å². The average molecular weight is 488 g/mol. The summed E-state index contributed by atoms with van der Waals surface area (Å²) >= 11 is 0. The molecule has 35 heavy (non-hydrogen) atoms. The van der Waals surface area contributed by atoms with Crippen LogP contribution in [0.1, 0.15) is 55.1 Å². The van der Waals surface area contributed by atoms with Crippen molar-refractivity contribution in [1.29, 1.82) is 0 Å². The van der Waals surface area contributed by atoms with Gasteiger partial charge in [0.05, 0.1) is 17.5 Å². The molecule has 0 spiro atoms. The van der Waals surface area contributed by atoms with Crippen LogP contribution in [0.15, 0.2) is 42.9 Å². The Morgan fingerprint density at radius 2 is 1.86 bits per heavy atom. The number of aliphatic hydroxyl groups excluding tert-OH is 1. The van der Waals surface area contributed by atoms with E-state index in [1.165, 1.54) is 49.0 Å². The van der Waals surface area contributed by atoms with E-state index < -0.39 is 35.9 Å². The first kappa shape index (κ1) is 23.2. The number of fused-ring (bicyclic) bond motifs is 3. The summed E-state index contributed by atoms with van der Waals surface area (Å²) in [6, 6.07) is 4.75. The third kappa shape index (κ3) is 4.00. The molecule has 0 unspecified atom stereocenters. The molecule has 2 N–H and O–H groups in total. The minimum Gasteiger partial charge on any atom is -0.434 e. The van der Waals surface area contributed by atoms with E-state index in [0.29, 0.717) is 11.3 Å².